The normalized spacial score (nSPS) is 10.0. The number of benzene rings is 1. The van der Waals surface area contributed by atoms with Gasteiger partial charge in [-0.2, -0.15) is 4.98 Å². The van der Waals surface area contributed by atoms with Gasteiger partial charge in [0.1, 0.15) is 17.3 Å². The van der Waals surface area contributed by atoms with Gasteiger partial charge in [0, 0.05) is 24.4 Å². The summed E-state index contributed by atoms with van der Waals surface area (Å²) in [6.45, 7) is 3.04. The molecule has 0 unspecified atom stereocenters. The van der Waals surface area contributed by atoms with Gasteiger partial charge in [-0.05, 0) is 30.9 Å². The minimum atomic E-state index is 0. The van der Waals surface area contributed by atoms with Crippen LogP contribution in [-0.4, -0.2) is 30.7 Å². The second-order valence-corrected chi connectivity index (χ2v) is 5.56. The van der Waals surface area contributed by atoms with Crippen molar-refractivity contribution in [3.05, 3.63) is 35.5 Å². The Morgan fingerprint density at radius 2 is 1.88 bits per heavy atom. The fourth-order valence-corrected chi connectivity index (χ4v) is 2.47. The molecule has 2 rings (SSSR count). The van der Waals surface area contributed by atoms with Crippen LogP contribution in [0.2, 0.25) is 0 Å². The maximum absolute atomic E-state index is 5.72. The van der Waals surface area contributed by atoms with Crippen LogP contribution in [0.5, 0.6) is 11.5 Å². The van der Waals surface area contributed by atoms with Gasteiger partial charge in [-0.15, -0.1) is 12.4 Å². The van der Waals surface area contributed by atoms with Crippen LogP contribution >= 0.6 is 12.4 Å². The molecule has 2 aromatic rings. The third kappa shape index (κ3) is 5.98. The number of ether oxygens (including phenoxy) is 2. The second kappa shape index (κ2) is 10.6. The van der Waals surface area contributed by atoms with Crippen LogP contribution in [0.1, 0.15) is 30.9 Å². The molecule has 1 heterocycles. The molecule has 0 aliphatic carbocycles. The van der Waals surface area contributed by atoms with Crippen molar-refractivity contribution >= 4 is 24.2 Å². The zero-order valence-electron chi connectivity index (χ0n) is 15.0. The first-order chi connectivity index (χ1) is 11.7. The van der Waals surface area contributed by atoms with Crippen LogP contribution in [0.4, 0.5) is 11.8 Å². The Labute approximate surface area is 155 Å². The van der Waals surface area contributed by atoms with E-state index in [1.807, 2.05) is 18.2 Å². The Morgan fingerprint density at radius 1 is 1.12 bits per heavy atom. The van der Waals surface area contributed by atoms with Gasteiger partial charge in [-0.25, -0.2) is 4.98 Å². The van der Waals surface area contributed by atoms with E-state index in [0.29, 0.717) is 5.95 Å². The van der Waals surface area contributed by atoms with E-state index in [0.717, 1.165) is 60.7 Å². The lowest BCUT2D eigenvalue weighted by Gasteiger charge is -2.13. The number of rotatable bonds is 9. The maximum atomic E-state index is 5.72. The third-order valence-electron chi connectivity index (χ3n) is 3.86. The summed E-state index contributed by atoms with van der Waals surface area (Å²) in [5.74, 6) is 2.72. The number of unbranched alkanes of at least 4 members (excludes halogenated alkanes) is 1. The molecule has 0 amide bonds. The molecular weight excluding hydrogens is 340 g/mol. The molecular formula is C18H27ClN4O2. The van der Waals surface area contributed by atoms with E-state index < -0.39 is 0 Å². The molecule has 7 heteroatoms. The first-order valence-electron chi connectivity index (χ1n) is 8.24. The minimum Gasteiger partial charge on any atom is -0.497 e. The van der Waals surface area contributed by atoms with Gasteiger partial charge in [0.25, 0.3) is 0 Å². The van der Waals surface area contributed by atoms with Crippen LogP contribution < -0.4 is 20.5 Å². The van der Waals surface area contributed by atoms with Crippen LogP contribution in [-0.2, 0) is 12.8 Å². The molecule has 0 radical (unpaired) electrons. The van der Waals surface area contributed by atoms with Crippen LogP contribution in [0.3, 0.4) is 0 Å². The lowest BCUT2D eigenvalue weighted by molar-refractivity contribution is 0.391. The largest absolute Gasteiger partial charge is 0.497 e. The SMILES string of the molecule is CCCCNc1nc(N)ncc1CCc1ccc(OC)cc1OC.Cl. The molecule has 138 valence electrons. The Bertz CT molecular complexity index is 668. The second-order valence-electron chi connectivity index (χ2n) is 5.56. The van der Waals surface area contributed by atoms with E-state index in [4.69, 9.17) is 15.2 Å². The molecule has 3 N–H and O–H groups in total. The molecule has 25 heavy (non-hydrogen) atoms. The van der Waals surface area contributed by atoms with Gasteiger partial charge in [-0.1, -0.05) is 19.4 Å². The van der Waals surface area contributed by atoms with Crippen molar-refractivity contribution < 1.29 is 9.47 Å². The van der Waals surface area contributed by atoms with Crippen molar-refractivity contribution in [2.45, 2.75) is 32.6 Å². The van der Waals surface area contributed by atoms with Gasteiger partial charge in [-0.3, -0.25) is 0 Å². The van der Waals surface area contributed by atoms with Gasteiger partial charge < -0.3 is 20.5 Å². The number of hydrogen-bond donors (Lipinski definition) is 2. The molecule has 0 saturated carbocycles. The average Bonchev–Trinajstić information content (AvgIpc) is 2.61. The fourth-order valence-electron chi connectivity index (χ4n) is 2.47. The van der Waals surface area contributed by atoms with Crippen molar-refractivity contribution in [1.29, 1.82) is 0 Å². The first-order valence-corrected chi connectivity index (χ1v) is 8.24. The molecule has 0 spiro atoms. The summed E-state index contributed by atoms with van der Waals surface area (Å²) < 4.78 is 10.7. The van der Waals surface area contributed by atoms with Crippen molar-refractivity contribution in [1.82, 2.24) is 9.97 Å². The summed E-state index contributed by atoms with van der Waals surface area (Å²) in [7, 11) is 3.32. The van der Waals surface area contributed by atoms with E-state index >= 15 is 0 Å². The number of nitrogens with zero attached hydrogens (tertiary/aromatic N) is 2. The molecule has 0 fully saturated rings. The number of halogens is 1. The summed E-state index contributed by atoms with van der Waals surface area (Å²) in [6.07, 6.45) is 5.65. The number of nitrogens with one attached hydrogen (secondary N) is 1. The van der Waals surface area contributed by atoms with E-state index in [2.05, 4.69) is 22.2 Å². The number of nitrogens with two attached hydrogens (primary N) is 1. The highest BCUT2D eigenvalue weighted by molar-refractivity contribution is 5.85. The van der Waals surface area contributed by atoms with E-state index in [-0.39, 0.29) is 12.4 Å². The predicted molar refractivity (Wildman–Crippen MR) is 104 cm³/mol. The molecule has 6 nitrogen and oxygen atoms in total. The number of aromatic nitrogens is 2. The average molecular weight is 367 g/mol. The Morgan fingerprint density at radius 3 is 2.56 bits per heavy atom. The van der Waals surface area contributed by atoms with Gasteiger partial charge in [0.05, 0.1) is 14.2 Å². The number of hydrogen-bond acceptors (Lipinski definition) is 6. The highest BCUT2D eigenvalue weighted by atomic mass is 35.5. The molecule has 1 aromatic carbocycles. The number of anilines is 2. The quantitative estimate of drug-likeness (QED) is 0.661. The molecule has 0 aliphatic rings. The van der Waals surface area contributed by atoms with Crippen molar-refractivity contribution in [3.63, 3.8) is 0 Å². The monoisotopic (exact) mass is 366 g/mol. The highest BCUT2D eigenvalue weighted by Crippen LogP contribution is 2.26. The molecule has 0 aliphatic heterocycles. The smallest absolute Gasteiger partial charge is 0.221 e. The zero-order valence-corrected chi connectivity index (χ0v) is 15.9. The van der Waals surface area contributed by atoms with E-state index in [1.54, 1.807) is 20.4 Å². The molecule has 1 aromatic heterocycles. The number of aryl methyl sites for hydroxylation is 2. The molecule has 0 saturated heterocycles. The fraction of sp³-hybridized carbons (Fsp3) is 0.444. The van der Waals surface area contributed by atoms with Crippen LogP contribution in [0, 0.1) is 0 Å². The van der Waals surface area contributed by atoms with Crippen molar-refractivity contribution in [2.75, 3.05) is 31.8 Å². The van der Waals surface area contributed by atoms with Crippen molar-refractivity contribution in [3.8, 4) is 11.5 Å². The van der Waals surface area contributed by atoms with Crippen molar-refractivity contribution in [2.24, 2.45) is 0 Å². The Kier molecular flexibility index (Phi) is 8.84. The van der Waals surface area contributed by atoms with Gasteiger partial charge >= 0.3 is 0 Å². The number of nitrogen functional groups attached to an aromatic ring is 1. The summed E-state index contributed by atoms with van der Waals surface area (Å²) >= 11 is 0. The van der Waals surface area contributed by atoms with Gasteiger partial charge in [0.2, 0.25) is 5.95 Å². The van der Waals surface area contributed by atoms with Gasteiger partial charge in [0.15, 0.2) is 0 Å². The highest BCUT2D eigenvalue weighted by Gasteiger charge is 2.09. The standard InChI is InChI=1S/C18H26N4O2.ClH/c1-4-5-10-20-17-14(12-21-18(19)22-17)7-6-13-8-9-15(23-2)11-16(13)24-3;/h8-9,11-12H,4-7,10H2,1-3H3,(H3,19,20,21,22);1H. The summed E-state index contributed by atoms with van der Waals surface area (Å²) in [5.41, 5.74) is 7.89. The summed E-state index contributed by atoms with van der Waals surface area (Å²) in [5, 5.41) is 3.36. The van der Waals surface area contributed by atoms with E-state index in [1.165, 1.54) is 0 Å². The Hall–Kier alpha value is -2.21. The number of methoxy groups -OCH3 is 2. The summed E-state index contributed by atoms with van der Waals surface area (Å²) in [6, 6.07) is 5.87. The first kappa shape index (κ1) is 20.8. The zero-order chi connectivity index (χ0) is 17.4. The molecule has 0 atom stereocenters. The predicted octanol–water partition coefficient (Wildman–Crippen LogP) is 3.50. The maximum Gasteiger partial charge on any atom is 0.221 e. The minimum absolute atomic E-state index is 0. The lowest BCUT2D eigenvalue weighted by atomic mass is 10.0. The summed E-state index contributed by atoms with van der Waals surface area (Å²) in [4.78, 5) is 8.46. The Balaban J connectivity index is 0.00000312. The lowest BCUT2D eigenvalue weighted by Crippen LogP contribution is -2.09. The molecule has 0 bridgehead atoms. The topological polar surface area (TPSA) is 82.3 Å². The third-order valence-corrected chi connectivity index (χ3v) is 3.86. The van der Waals surface area contributed by atoms with E-state index in [9.17, 15) is 0 Å². The van der Waals surface area contributed by atoms with Crippen LogP contribution in [0.15, 0.2) is 24.4 Å². The van der Waals surface area contributed by atoms with Crippen LogP contribution in [0.25, 0.3) is 0 Å².